The molecule has 0 radical (unpaired) electrons. The third-order valence-electron chi connectivity index (χ3n) is 3.09. The molecule has 8 heteroatoms. The Kier molecular flexibility index (Phi) is 5.19. The molecule has 0 heterocycles. The molecule has 0 amide bonds. The van der Waals surface area contributed by atoms with E-state index in [-0.39, 0.29) is 5.02 Å². The van der Waals surface area contributed by atoms with E-state index in [2.05, 4.69) is 4.72 Å². The molecule has 0 aliphatic rings. The number of rotatable bonds is 4. The molecule has 120 valence electrons. The first kappa shape index (κ1) is 17.6. The molecule has 0 aliphatic carbocycles. The number of halogens is 2. The zero-order valence-corrected chi connectivity index (χ0v) is 14.6. The molecular weight excluding hydrogens is 359 g/mol. The Morgan fingerprint density at radius 3 is 2.35 bits per heavy atom. The van der Waals surface area contributed by atoms with Crippen molar-refractivity contribution < 1.29 is 12.8 Å². The van der Waals surface area contributed by atoms with Crippen LogP contribution in [0.25, 0.3) is 0 Å². The first-order valence-electron chi connectivity index (χ1n) is 6.39. The van der Waals surface area contributed by atoms with Gasteiger partial charge in [-0.2, -0.15) is 5.26 Å². The van der Waals surface area contributed by atoms with Gasteiger partial charge in [0.2, 0.25) is 0 Å². The molecule has 0 spiro atoms. The predicted molar refractivity (Wildman–Crippen MR) is 89.6 cm³/mol. The van der Waals surface area contributed by atoms with E-state index in [0.29, 0.717) is 21.7 Å². The van der Waals surface area contributed by atoms with Gasteiger partial charge in [-0.15, -0.1) is 0 Å². The van der Waals surface area contributed by atoms with Gasteiger partial charge in [0.25, 0.3) is 10.0 Å². The van der Waals surface area contributed by atoms with Crippen LogP contribution in [-0.2, 0) is 10.0 Å². The lowest BCUT2D eigenvalue weighted by Crippen LogP contribution is -2.16. The maximum atomic E-state index is 13.9. The Hall–Kier alpha value is -1.75. The molecule has 1 N–H and O–H groups in total. The standard InChI is InChI=1S/C15H12ClFN2O2S2/c1-9-5-12(22-8-18)6-10(2)15(9)19-23(20,21)14-4-3-11(16)7-13(14)17/h3-7,19H,1-2H3. The molecular formula is C15H12ClFN2O2S2. The first-order valence-corrected chi connectivity index (χ1v) is 9.07. The number of benzene rings is 2. The van der Waals surface area contributed by atoms with E-state index in [1.54, 1.807) is 26.0 Å². The van der Waals surface area contributed by atoms with Crippen LogP contribution in [-0.4, -0.2) is 8.42 Å². The fourth-order valence-corrected chi connectivity index (χ4v) is 4.08. The topological polar surface area (TPSA) is 70.0 Å². The smallest absolute Gasteiger partial charge is 0.264 e. The highest BCUT2D eigenvalue weighted by atomic mass is 35.5. The second-order valence-electron chi connectivity index (χ2n) is 4.81. The van der Waals surface area contributed by atoms with E-state index in [1.165, 1.54) is 6.07 Å². The number of thioether (sulfide) groups is 1. The molecule has 4 nitrogen and oxygen atoms in total. The van der Waals surface area contributed by atoms with Gasteiger partial charge in [-0.05, 0) is 67.1 Å². The van der Waals surface area contributed by atoms with Crippen LogP contribution in [0.5, 0.6) is 0 Å². The number of anilines is 1. The van der Waals surface area contributed by atoms with Gasteiger partial charge in [-0.3, -0.25) is 4.72 Å². The van der Waals surface area contributed by atoms with E-state index >= 15 is 0 Å². The number of sulfonamides is 1. The summed E-state index contributed by atoms with van der Waals surface area (Å²) in [5, 5.41) is 10.8. The summed E-state index contributed by atoms with van der Waals surface area (Å²) in [5.41, 5.74) is 1.64. The summed E-state index contributed by atoms with van der Waals surface area (Å²) in [6, 6.07) is 6.76. The van der Waals surface area contributed by atoms with Crippen LogP contribution in [0.3, 0.4) is 0 Å². The lowest BCUT2D eigenvalue weighted by atomic mass is 10.1. The minimum absolute atomic E-state index is 0.117. The third-order valence-corrected chi connectivity index (χ3v) is 5.27. The van der Waals surface area contributed by atoms with Gasteiger partial charge in [0.1, 0.15) is 16.1 Å². The molecule has 23 heavy (non-hydrogen) atoms. The Morgan fingerprint density at radius 1 is 1.22 bits per heavy atom. The Morgan fingerprint density at radius 2 is 1.83 bits per heavy atom. The number of nitrogens with one attached hydrogen (secondary N) is 1. The minimum Gasteiger partial charge on any atom is -0.279 e. The van der Waals surface area contributed by atoms with E-state index in [4.69, 9.17) is 16.9 Å². The van der Waals surface area contributed by atoms with Crippen molar-refractivity contribution in [2.75, 3.05) is 4.72 Å². The van der Waals surface area contributed by atoms with Gasteiger partial charge in [0, 0.05) is 9.92 Å². The first-order chi connectivity index (χ1) is 10.7. The van der Waals surface area contributed by atoms with Crippen molar-refractivity contribution in [2.45, 2.75) is 23.6 Å². The molecule has 2 aromatic carbocycles. The van der Waals surface area contributed by atoms with Crippen molar-refractivity contribution in [3.63, 3.8) is 0 Å². The van der Waals surface area contributed by atoms with Crippen molar-refractivity contribution in [2.24, 2.45) is 0 Å². The number of thiocyanates is 1. The lowest BCUT2D eigenvalue weighted by molar-refractivity contribution is 0.570. The van der Waals surface area contributed by atoms with Crippen LogP contribution in [0.1, 0.15) is 11.1 Å². The summed E-state index contributed by atoms with van der Waals surface area (Å²) in [5.74, 6) is -0.919. The summed E-state index contributed by atoms with van der Waals surface area (Å²) in [6.45, 7) is 3.43. The monoisotopic (exact) mass is 370 g/mol. The maximum Gasteiger partial charge on any atom is 0.264 e. The largest absolute Gasteiger partial charge is 0.279 e. The molecule has 2 aromatic rings. The van der Waals surface area contributed by atoms with Gasteiger partial charge in [-0.1, -0.05) is 11.6 Å². The van der Waals surface area contributed by atoms with Crippen LogP contribution in [0.15, 0.2) is 40.1 Å². The van der Waals surface area contributed by atoms with E-state index in [1.807, 2.05) is 5.40 Å². The molecule has 0 unspecified atom stereocenters. The highest BCUT2D eigenvalue weighted by Gasteiger charge is 2.21. The second-order valence-corrected chi connectivity index (χ2v) is 7.75. The fraction of sp³-hybridized carbons (Fsp3) is 0.133. The average molecular weight is 371 g/mol. The van der Waals surface area contributed by atoms with E-state index < -0.39 is 20.7 Å². The van der Waals surface area contributed by atoms with E-state index in [0.717, 1.165) is 23.9 Å². The Balaban J connectivity index is 2.44. The summed E-state index contributed by atoms with van der Waals surface area (Å²) >= 11 is 6.63. The van der Waals surface area contributed by atoms with Crippen molar-refractivity contribution in [1.29, 1.82) is 5.26 Å². The zero-order chi connectivity index (χ0) is 17.2. The van der Waals surface area contributed by atoms with Crippen LogP contribution in [0, 0.1) is 30.3 Å². The Labute approximate surface area is 143 Å². The lowest BCUT2D eigenvalue weighted by Gasteiger charge is -2.14. The Bertz CT molecular complexity index is 885. The number of hydrogen-bond acceptors (Lipinski definition) is 4. The normalized spacial score (nSPS) is 11.1. The number of nitriles is 1. The van der Waals surface area contributed by atoms with Gasteiger partial charge in [-0.25, -0.2) is 12.8 Å². The van der Waals surface area contributed by atoms with Crippen LogP contribution in [0.2, 0.25) is 5.02 Å². The van der Waals surface area contributed by atoms with Crippen LogP contribution >= 0.6 is 23.4 Å². The zero-order valence-electron chi connectivity index (χ0n) is 12.2. The third kappa shape index (κ3) is 3.96. The van der Waals surface area contributed by atoms with Crippen LogP contribution < -0.4 is 4.72 Å². The van der Waals surface area contributed by atoms with Gasteiger partial charge in [0.15, 0.2) is 0 Å². The summed E-state index contributed by atoms with van der Waals surface area (Å²) in [6.07, 6.45) is 0. The van der Waals surface area contributed by atoms with Crippen molar-refractivity contribution in [3.05, 3.63) is 52.3 Å². The van der Waals surface area contributed by atoms with E-state index in [9.17, 15) is 12.8 Å². The minimum atomic E-state index is -4.09. The van der Waals surface area contributed by atoms with Gasteiger partial charge < -0.3 is 0 Å². The van der Waals surface area contributed by atoms with Crippen molar-refractivity contribution in [3.8, 4) is 5.40 Å². The molecule has 2 rings (SSSR count). The van der Waals surface area contributed by atoms with Crippen molar-refractivity contribution >= 4 is 39.1 Å². The molecule has 0 saturated carbocycles. The fourth-order valence-electron chi connectivity index (χ4n) is 2.08. The molecule has 0 aromatic heterocycles. The highest BCUT2D eigenvalue weighted by Crippen LogP contribution is 2.30. The molecule has 0 fully saturated rings. The highest BCUT2D eigenvalue weighted by molar-refractivity contribution is 8.03. The SMILES string of the molecule is Cc1cc(SC#N)cc(C)c1NS(=O)(=O)c1ccc(Cl)cc1F. The van der Waals surface area contributed by atoms with Crippen LogP contribution in [0.4, 0.5) is 10.1 Å². The second kappa shape index (κ2) is 6.79. The summed E-state index contributed by atoms with van der Waals surface area (Å²) in [4.78, 5) is 0.235. The maximum absolute atomic E-state index is 13.9. The number of aryl methyl sites for hydroxylation is 2. The number of hydrogen-bond donors (Lipinski definition) is 1. The molecule has 0 bridgehead atoms. The van der Waals surface area contributed by atoms with Crippen molar-refractivity contribution in [1.82, 2.24) is 0 Å². The van der Waals surface area contributed by atoms with Gasteiger partial charge >= 0.3 is 0 Å². The predicted octanol–water partition coefficient (Wildman–Crippen LogP) is 4.47. The summed E-state index contributed by atoms with van der Waals surface area (Å²) < 4.78 is 41.1. The molecule has 0 saturated heterocycles. The number of nitrogens with zero attached hydrogens (tertiary/aromatic N) is 1. The quantitative estimate of drug-likeness (QED) is 0.636. The molecule has 0 aliphatic heterocycles. The summed E-state index contributed by atoms with van der Waals surface area (Å²) in [7, 11) is -4.09. The van der Waals surface area contributed by atoms with Gasteiger partial charge in [0.05, 0.1) is 5.69 Å². The average Bonchev–Trinajstić information content (AvgIpc) is 2.43. The molecule has 0 atom stereocenters.